The highest BCUT2D eigenvalue weighted by atomic mass is 35.5. The monoisotopic (exact) mass is 435 g/mol. The molecule has 1 atom stereocenters. The number of carbonyl (C=O) groups is 2. The molecule has 4 rings (SSSR count). The Bertz CT molecular complexity index is 1180. The minimum atomic E-state index is -0.676. The number of halogens is 1. The van der Waals surface area contributed by atoms with Gasteiger partial charge in [-0.05, 0) is 42.2 Å². The van der Waals surface area contributed by atoms with Crippen LogP contribution in [0, 0.1) is 5.92 Å². The Kier molecular flexibility index (Phi) is 6.05. The highest BCUT2D eigenvalue weighted by Crippen LogP contribution is 2.39. The third kappa shape index (κ3) is 4.47. The molecule has 0 saturated heterocycles. The minimum absolute atomic E-state index is 0.0246. The van der Waals surface area contributed by atoms with Crippen LogP contribution in [0.5, 0.6) is 5.75 Å². The summed E-state index contributed by atoms with van der Waals surface area (Å²) in [6.07, 6.45) is 4.43. The summed E-state index contributed by atoms with van der Waals surface area (Å²) in [5.41, 5.74) is 2.17. The van der Waals surface area contributed by atoms with Crippen molar-refractivity contribution in [3.05, 3.63) is 87.3 Å². The van der Waals surface area contributed by atoms with E-state index in [4.69, 9.17) is 16.3 Å². The van der Waals surface area contributed by atoms with E-state index in [0.717, 1.165) is 24.7 Å². The molecule has 0 radical (unpaired) electrons. The summed E-state index contributed by atoms with van der Waals surface area (Å²) in [4.78, 5) is 37.6. The van der Waals surface area contributed by atoms with Gasteiger partial charge in [-0.3, -0.25) is 9.59 Å². The summed E-state index contributed by atoms with van der Waals surface area (Å²) in [6, 6.07) is 15.3. The molecular weight excluding hydrogens is 414 g/mol. The number of aldehydes is 1. The summed E-state index contributed by atoms with van der Waals surface area (Å²) in [5.74, 6) is 0.468. The van der Waals surface area contributed by atoms with E-state index < -0.39 is 6.04 Å². The molecule has 1 aromatic heterocycles. The van der Waals surface area contributed by atoms with E-state index >= 15 is 0 Å². The van der Waals surface area contributed by atoms with Gasteiger partial charge in [0.15, 0.2) is 5.78 Å². The van der Waals surface area contributed by atoms with Gasteiger partial charge in [-0.25, -0.2) is 0 Å². The number of Topliss-reactive ketones (excluding diaryl/α,β-unsaturated/α-hetero) is 1. The molecule has 158 valence electrons. The lowest BCUT2D eigenvalue weighted by Crippen LogP contribution is -2.26. The van der Waals surface area contributed by atoms with Crippen molar-refractivity contribution in [3.8, 4) is 16.9 Å². The molecule has 0 bridgehead atoms. The van der Waals surface area contributed by atoms with Crippen LogP contribution >= 0.6 is 11.6 Å². The smallest absolute Gasteiger partial charge is 0.252 e. The Balaban J connectivity index is 1.79. The number of benzene rings is 2. The molecule has 1 heterocycles. The van der Waals surface area contributed by atoms with Gasteiger partial charge in [-0.15, -0.1) is 0 Å². The molecule has 1 saturated carbocycles. The fraction of sp³-hybridized carbons (Fsp3) is 0.240. The van der Waals surface area contributed by atoms with Gasteiger partial charge in [-0.2, -0.15) is 0 Å². The summed E-state index contributed by atoms with van der Waals surface area (Å²) in [5, 5.41) is 0.462. The van der Waals surface area contributed by atoms with E-state index in [1.54, 1.807) is 18.2 Å². The van der Waals surface area contributed by atoms with Crippen LogP contribution in [0.1, 0.15) is 34.8 Å². The van der Waals surface area contributed by atoms with Gasteiger partial charge in [0.2, 0.25) is 0 Å². The van der Waals surface area contributed by atoms with Gasteiger partial charge in [0, 0.05) is 34.6 Å². The molecule has 0 amide bonds. The summed E-state index contributed by atoms with van der Waals surface area (Å²) < 4.78 is 6.93. The van der Waals surface area contributed by atoms with Crippen molar-refractivity contribution in [2.24, 2.45) is 5.92 Å². The highest BCUT2D eigenvalue weighted by Gasteiger charge is 2.32. The predicted molar refractivity (Wildman–Crippen MR) is 120 cm³/mol. The summed E-state index contributed by atoms with van der Waals surface area (Å²) in [6.45, 7) is 0. The van der Waals surface area contributed by atoms with E-state index in [-0.39, 0.29) is 17.3 Å². The molecule has 0 aliphatic heterocycles. The number of pyridine rings is 1. The second-order valence-corrected chi connectivity index (χ2v) is 8.16. The van der Waals surface area contributed by atoms with Crippen molar-refractivity contribution >= 4 is 23.7 Å². The molecule has 5 nitrogen and oxygen atoms in total. The van der Waals surface area contributed by atoms with Crippen molar-refractivity contribution in [3.63, 3.8) is 0 Å². The third-order valence-corrected chi connectivity index (χ3v) is 5.79. The zero-order valence-corrected chi connectivity index (χ0v) is 17.8. The molecule has 31 heavy (non-hydrogen) atoms. The molecule has 0 spiro atoms. The Morgan fingerprint density at radius 3 is 2.55 bits per heavy atom. The van der Waals surface area contributed by atoms with E-state index in [2.05, 4.69) is 0 Å². The Morgan fingerprint density at radius 1 is 1.16 bits per heavy atom. The topological polar surface area (TPSA) is 65.4 Å². The molecule has 1 fully saturated rings. The van der Waals surface area contributed by atoms with Crippen LogP contribution in [0.25, 0.3) is 11.1 Å². The van der Waals surface area contributed by atoms with Crippen molar-refractivity contribution < 1.29 is 14.3 Å². The molecule has 3 aromatic rings. The lowest BCUT2D eigenvalue weighted by Gasteiger charge is -2.18. The molecule has 0 N–H and O–H groups in total. The maximum Gasteiger partial charge on any atom is 0.252 e. The van der Waals surface area contributed by atoms with Crippen LogP contribution in [0.4, 0.5) is 0 Å². The van der Waals surface area contributed by atoms with Crippen molar-refractivity contribution in [1.29, 1.82) is 0 Å². The SMILES string of the molecule is COc1cn(C(C=O)Cc2ccccc2)c(=O)cc1-c1cc(Cl)ccc1C(=O)C1CC1. The maximum absolute atomic E-state index is 13.0. The predicted octanol–water partition coefficient (Wildman–Crippen LogP) is 4.75. The quantitative estimate of drug-likeness (QED) is 0.378. The Labute approximate surface area is 185 Å². The number of nitrogens with zero attached hydrogens (tertiary/aromatic N) is 1. The standard InChI is InChI=1S/C25H22ClNO4/c1-31-23-14-27(19(15-28)11-16-5-3-2-4-6-16)24(29)13-22(23)21-12-18(26)9-10-20(21)25(30)17-7-8-17/h2-6,9-10,12-15,17,19H,7-8,11H2,1H3. The number of rotatable bonds is 8. The second kappa shape index (κ2) is 8.90. The van der Waals surface area contributed by atoms with Crippen molar-refractivity contribution in [2.75, 3.05) is 7.11 Å². The van der Waals surface area contributed by atoms with Gasteiger partial charge in [0.25, 0.3) is 5.56 Å². The fourth-order valence-electron chi connectivity index (χ4n) is 3.75. The van der Waals surface area contributed by atoms with E-state index in [9.17, 15) is 14.4 Å². The normalized spacial score (nSPS) is 14.1. The number of aromatic nitrogens is 1. The third-order valence-electron chi connectivity index (χ3n) is 5.55. The van der Waals surface area contributed by atoms with Gasteiger partial charge in [0.1, 0.15) is 12.0 Å². The molecular formula is C25H22ClNO4. The van der Waals surface area contributed by atoms with Crippen LogP contribution in [-0.2, 0) is 11.2 Å². The van der Waals surface area contributed by atoms with E-state index in [1.807, 2.05) is 30.3 Å². The zero-order chi connectivity index (χ0) is 22.0. The summed E-state index contributed by atoms with van der Waals surface area (Å²) >= 11 is 6.21. The van der Waals surface area contributed by atoms with E-state index in [0.29, 0.717) is 33.9 Å². The average molecular weight is 436 g/mol. The van der Waals surface area contributed by atoms with E-state index in [1.165, 1.54) is 23.9 Å². The first-order valence-electron chi connectivity index (χ1n) is 10.2. The van der Waals surface area contributed by atoms with Crippen molar-refractivity contribution in [1.82, 2.24) is 4.57 Å². The van der Waals surface area contributed by atoms with Crippen LogP contribution in [0.2, 0.25) is 5.02 Å². The van der Waals surface area contributed by atoms with Gasteiger partial charge in [-0.1, -0.05) is 41.9 Å². The second-order valence-electron chi connectivity index (χ2n) is 7.72. The summed E-state index contributed by atoms with van der Waals surface area (Å²) in [7, 11) is 1.49. The number of hydrogen-bond acceptors (Lipinski definition) is 4. The lowest BCUT2D eigenvalue weighted by molar-refractivity contribution is -0.110. The maximum atomic E-state index is 13.0. The van der Waals surface area contributed by atoms with Crippen LogP contribution < -0.4 is 10.3 Å². The van der Waals surface area contributed by atoms with Gasteiger partial charge < -0.3 is 14.1 Å². The van der Waals surface area contributed by atoms with Crippen LogP contribution in [-0.4, -0.2) is 23.7 Å². The van der Waals surface area contributed by atoms with Gasteiger partial charge in [0.05, 0.1) is 19.3 Å². The van der Waals surface area contributed by atoms with Crippen LogP contribution in [0.3, 0.4) is 0 Å². The molecule has 6 heteroatoms. The largest absolute Gasteiger partial charge is 0.495 e. The first kappa shape index (κ1) is 21.1. The number of carbonyl (C=O) groups excluding carboxylic acids is 2. The lowest BCUT2D eigenvalue weighted by atomic mass is 9.95. The zero-order valence-electron chi connectivity index (χ0n) is 17.1. The first-order chi connectivity index (χ1) is 15.0. The first-order valence-corrected chi connectivity index (χ1v) is 10.5. The van der Waals surface area contributed by atoms with Crippen LogP contribution in [0.15, 0.2) is 65.6 Å². The average Bonchev–Trinajstić information content (AvgIpc) is 3.63. The Hall–Kier alpha value is -3.18. The Morgan fingerprint density at radius 2 is 1.90 bits per heavy atom. The molecule has 2 aromatic carbocycles. The minimum Gasteiger partial charge on any atom is -0.495 e. The highest BCUT2D eigenvalue weighted by molar-refractivity contribution is 6.31. The number of ether oxygens (including phenoxy) is 1. The van der Waals surface area contributed by atoms with Gasteiger partial charge >= 0.3 is 0 Å². The number of hydrogen-bond donors (Lipinski definition) is 0. The number of methoxy groups -OCH3 is 1. The fourth-order valence-corrected chi connectivity index (χ4v) is 3.92. The number of ketones is 1. The molecule has 1 unspecified atom stereocenters. The molecule has 1 aliphatic carbocycles. The van der Waals surface area contributed by atoms with Crippen molar-refractivity contribution in [2.45, 2.75) is 25.3 Å². The molecule has 1 aliphatic rings.